The van der Waals surface area contributed by atoms with Gasteiger partial charge in [0.1, 0.15) is 10.7 Å². The highest BCUT2D eigenvalue weighted by Crippen LogP contribution is 2.27. The number of amides is 1. The zero-order valence-corrected chi connectivity index (χ0v) is 15.4. The molecule has 6 nitrogen and oxygen atoms in total. The fraction of sp³-hybridized carbons (Fsp3) is 0.278. The van der Waals surface area contributed by atoms with E-state index in [1.807, 2.05) is 45.0 Å². The van der Waals surface area contributed by atoms with Gasteiger partial charge in [-0.25, -0.2) is 4.98 Å². The summed E-state index contributed by atoms with van der Waals surface area (Å²) >= 11 is 1.54. The Labute approximate surface area is 149 Å². The lowest BCUT2D eigenvalue weighted by atomic mass is 10.2. The first-order valence-corrected chi connectivity index (χ1v) is 8.81. The Morgan fingerprint density at radius 2 is 1.84 bits per heavy atom. The molecule has 1 amide bonds. The van der Waals surface area contributed by atoms with E-state index in [4.69, 9.17) is 0 Å². The second kappa shape index (κ2) is 6.68. The second-order valence-corrected chi connectivity index (χ2v) is 7.24. The van der Waals surface area contributed by atoms with E-state index in [9.17, 15) is 9.59 Å². The minimum Gasteiger partial charge on any atom is -0.375 e. The molecular weight excluding hydrogens is 336 g/mol. The number of carbonyl (C=O) groups is 1. The number of benzene rings is 1. The first-order valence-electron chi connectivity index (χ1n) is 7.99. The molecule has 130 valence electrons. The summed E-state index contributed by atoms with van der Waals surface area (Å²) in [5.74, 6) is 0.496. The van der Waals surface area contributed by atoms with Gasteiger partial charge in [-0.2, -0.15) is 0 Å². The molecular formula is C18H20N4O2S. The third kappa shape index (κ3) is 3.56. The van der Waals surface area contributed by atoms with Gasteiger partial charge in [-0.3, -0.25) is 9.59 Å². The predicted octanol–water partition coefficient (Wildman–Crippen LogP) is 3.73. The summed E-state index contributed by atoms with van der Waals surface area (Å²) in [5, 5.41) is 6.72. The van der Waals surface area contributed by atoms with Crippen LogP contribution in [0, 0.1) is 13.8 Å². The minimum atomic E-state index is -0.161. The summed E-state index contributed by atoms with van der Waals surface area (Å²) in [4.78, 5) is 32.8. The van der Waals surface area contributed by atoms with Gasteiger partial charge < -0.3 is 15.6 Å². The second-order valence-electron chi connectivity index (χ2n) is 6.04. The molecule has 2 heterocycles. The maximum absolute atomic E-state index is 12.4. The number of nitrogens with zero attached hydrogens (tertiary/aromatic N) is 1. The van der Waals surface area contributed by atoms with E-state index >= 15 is 0 Å². The van der Waals surface area contributed by atoms with Crippen molar-refractivity contribution in [2.45, 2.75) is 33.7 Å². The van der Waals surface area contributed by atoms with Gasteiger partial charge in [-0.1, -0.05) is 0 Å². The molecule has 0 saturated heterocycles. The number of aromatic nitrogens is 2. The molecule has 7 heteroatoms. The Morgan fingerprint density at radius 1 is 1.20 bits per heavy atom. The topological polar surface area (TPSA) is 86.9 Å². The van der Waals surface area contributed by atoms with E-state index in [0.29, 0.717) is 11.2 Å². The van der Waals surface area contributed by atoms with E-state index in [1.165, 1.54) is 18.3 Å². The first-order chi connectivity index (χ1) is 11.8. The van der Waals surface area contributed by atoms with Crippen LogP contribution in [0.25, 0.3) is 10.2 Å². The highest BCUT2D eigenvalue weighted by Gasteiger charge is 2.15. The number of rotatable bonds is 4. The van der Waals surface area contributed by atoms with Crippen molar-refractivity contribution >= 4 is 38.8 Å². The van der Waals surface area contributed by atoms with Crippen LogP contribution in [0.1, 0.15) is 36.2 Å². The Bertz CT molecular complexity index is 989. The molecule has 2 aromatic heterocycles. The Morgan fingerprint density at radius 3 is 2.48 bits per heavy atom. The monoisotopic (exact) mass is 356 g/mol. The number of hydrogen-bond donors (Lipinski definition) is 3. The zero-order chi connectivity index (χ0) is 18.1. The quantitative estimate of drug-likeness (QED) is 0.665. The summed E-state index contributed by atoms with van der Waals surface area (Å²) in [6.45, 7) is 7.36. The number of hydrogen-bond acceptors (Lipinski definition) is 5. The van der Waals surface area contributed by atoms with Gasteiger partial charge in [0, 0.05) is 23.2 Å². The third-order valence-electron chi connectivity index (χ3n) is 4.06. The van der Waals surface area contributed by atoms with Crippen LogP contribution >= 0.6 is 11.3 Å². The SMILES string of the molecule is CC(=O)Nc1ccc(N[C@@H](C)c2nc3sc(C)c(C)c3c(=O)[nH]2)cc1. The number of anilines is 2. The number of H-pyrrole nitrogens is 1. The molecule has 0 fully saturated rings. The number of aryl methyl sites for hydroxylation is 2. The van der Waals surface area contributed by atoms with Crippen LogP contribution in [0.3, 0.4) is 0 Å². The van der Waals surface area contributed by atoms with Gasteiger partial charge in [0.2, 0.25) is 5.91 Å². The van der Waals surface area contributed by atoms with Crippen molar-refractivity contribution in [3.63, 3.8) is 0 Å². The maximum atomic E-state index is 12.4. The lowest BCUT2D eigenvalue weighted by Crippen LogP contribution is -2.17. The molecule has 3 rings (SSSR count). The van der Waals surface area contributed by atoms with Crippen LogP contribution in [0.4, 0.5) is 11.4 Å². The van der Waals surface area contributed by atoms with Crippen molar-refractivity contribution in [1.29, 1.82) is 0 Å². The van der Waals surface area contributed by atoms with E-state index < -0.39 is 0 Å². The lowest BCUT2D eigenvalue weighted by Gasteiger charge is -2.15. The van der Waals surface area contributed by atoms with Crippen molar-refractivity contribution in [2.75, 3.05) is 10.6 Å². The summed E-state index contributed by atoms with van der Waals surface area (Å²) in [5.41, 5.74) is 2.51. The van der Waals surface area contributed by atoms with Crippen LogP contribution in [0.15, 0.2) is 29.1 Å². The molecule has 1 aromatic carbocycles. The highest BCUT2D eigenvalue weighted by molar-refractivity contribution is 7.18. The number of nitrogens with one attached hydrogen (secondary N) is 3. The number of fused-ring (bicyclic) bond motifs is 1. The normalized spacial score (nSPS) is 12.2. The average molecular weight is 356 g/mol. The standard InChI is InChI=1S/C18H20N4O2S/c1-9-11(3)25-18-15(9)17(24)21-16(22-18)10(2)19-13-5-7-14(8-6-13)20-12(4)23/h5-8,10,19H,1-4H3,(H,20,23)(H,21,22,24)/t10-/m0/s1. The van der Waals surface area contributed by atoms with Gasteiger partial charge in [0.15, 0.2) is 0 Å². The van der Waals surface area contributed by atoms with Gasteiger partial charge in [0.05, 0.1) is 11.4 Å². The highest BCUT2D eigenvalue weighted by atomic mass is 32.1. The Balaban J connectivity index is 1.83. The molecule has 0 aliphatic rings. The smallest absolute Gasteiger partial charge is 0.259 e. The fourth-order valence-corrected chi connectivity index (χ4v) is 3.68. The van der Waals surface area contributed by atoms with Crippen LogP contribution in [0.2, 0.25) is 0 Å². The van der Waals surface area contributed by atoms with E-state index in [2.05, 4.69) is 20.6 Å². The molecule has 25 heavy (non-hydrogen) atoms. The lowest BCUT2D eigenvalue weighted by molar-refractivity contribution is -0.114. The number of aromatic amines is 1. The summed E-state index contributed by atoms with van der Waals surface area (Å²) in [6.07, 6.45) is 0. The summed E-state index contributed by atoms with van der Waals surface area (Å²) in [7, 11) is 0. The molecule has 0 aliphatic carbocycles. The predicted molar refractivity (Wildman–Crippen MR) is 102 cm³/mol. The first kappa shape index (κ1) is 17.2. The van der Waals surface area contributed by atoms with E-state index in [0.717, 1.165) is 26.6 Å². The number of thiophene rings is 1. The van der Waals surface area contributed by atoms with Crippen molar-refractivity contribution in [1.82, 2.24) is 9.97 Å². The fourth-order valence-electron chi connectivity index (χ4n) is 2.65. The maximum Gasteiger partial charge on any atom is 0.259 e. The molecule has 3 N–H and O–H groups in total. The molecule has 0 aliphatic heterocycles. The Hall–Kier alpha value is -2.67. The molecule has 0 unspecified atom stereocenters. The van der Waals surface area contributed by atoms with Crippen molar-refractivity contribution in [3.05, 3.63) is 50.9 Å². The average Bonchev–Trinajstić information content (AvgIpc) is 2.83. The molecule has 1 atom stereocenters. The summed E-state index contributed by atoms with van der Waals surface area (Å²) in [6, 6.07) is 7.23. The summed E-state index contributed by atoms with van der Waals surface area (Å²) < 4.78 is 0. The third-order valence-corrected chi connectivity index (χ3v) is 5.16. The van der Waals surface area contributed by atoms with Gasteiger partial charge in [-0.05, 0) is 50.6 Å². The van der Waals surface area contributed by atoms with Gasteiger partial charge in [0.25, 0.3) is 5.56 Å². The minimum absolute atomic E-state index is 0.100. The van der Waals surface area contributed by atoms with E-state index in [1.54, 1.807) is 0 Å². The molecule has 0 spiro atoms. The van der Waals surface area contributed by atoms with Crippen LogP contribution in [-0.4, -0.2) is 15.9 Å². The molecule has 0 radical (unpaired) electrons. The number of carbonyl (C=O) groups excluding carboxylic acids is 1. The van der Waals surface area contributed by atoms with Crippen molar-refractivity contribution < 1.29 is 4.79 Å². The molecule has 3 aromatic rings. The van der Waals surface area contributed by atoms with Crippen molar-refractivity contribution in [2.24, 2.45) is 0 Å². The van der Waals surface area contributed by atoms with Gasteiger partial charge in [-0.15, -0.1) is 11.3 Å². The van der Waals surface area contributed by atoms with Crippen LogP contribution in [-0.2, 0) is 4.79 Å². The van der Waals surface area contributed by atoms with Gasteiger partial charge >= 0.3 is 0 Å². The Kier molecular flexibility index (Phi) is 4.59. The van der Waals surface area contributed by atoms with Crippen LogP contribution in [0.5, 0.6) is 0 Å². The van der Waals surface area contributed by atoms with Crippen LogP contribution < -0.4 is 16.2 Å². The zero-order valence-electron chi connectivity index (χ0n) is 14.6. The molecule has 0 saturated carbocycles. The van der Waals surface area contributed by atoms with E-state index in [-0.39, 0.29) is 17.5 Å². The van der Waals surface area contributed by atoms with Crippen molar-refractivity contribution in [3.8, 4) is 0 Å². The molecule has 0 bridgehead atoms. The largest absolute Gasteiger partial charge is 0.375 e.